The van der Waals surface area contributed by atoms with E-state index in [1.54, 1.807) is 12.0 Å². The summed E-state index contributed by atoms with van der Waals surface area (Å²) in [7, 11) is 1.60. The Balaban J connectivity index is 1.48. The first-order chi connectivity index (χ1) is 13.5. The standard InChI is InChI=1S/C21H24N2O5/c1-15(24)23(13-17-5-8-19-20(11-17)28-14-27-19)10-9-22-21(25)12-16-3-6-18(26-2)7-4-16/h3-8,11H,9-10,12-14H2,1-2H3,(H,22,25). The van der Waals surface area contributed by atoms with Crippen LogP contribution in [0.1, 0.15) is 18.1 Å². The molecule has 1 heterocycles. The molecule has 1 aliphatic rings. The third kappa shape index (κ3) is 5.16. The Labute approximate surface area is 164 Å². The molecule has 7 nitrogen and oxygen atoms in total. The smallest absolute Gasteiger partial charge is 0.231 e. The van der Waals surface area contributed by atoms with Crippen molar-refractivity contribution in [3.8, 4) is 17.2 Å². The highest BCUT2D eigenvalue weighted by Gasteiger charge is 2.16. The van der Waals surface area contributed by atoms with Crippen molar-refractivity contribution in [3.05, 3.63) is 53.6 Å². The number of methoxy groups -OCH3 is 1. The number of amides is 2. The van der Waals surface area contributed by atoms with Crippen LogP contribution in [-0.4, -0.2) is 43.7 Å². The van der Waals surface area contributed by atoms with Crippen molar-refractivity contribution in [2.24, 2.45) is 0 Å². The Kier molecular flexibility index (Phi) is 6.37. The van der Waals surface area contributed by atoms with Crippen LogP contribution in [0.15, 0.2) is 42.5 Å². The highest BCUT2D eigenvalue weighted by molar-refractivity contribution is 5.78. The van der Waals surface area contributed by atoms with E-state index in [-0.39, 0.29) is 25.0 Å². The van der Waals surface area contributed by atoms with Gasteiger partial charge in [-0.3, -0.25) is 9.59 Å². The molecule has 0 saturated carbocycles. The van der Waals surface area contributed by atoms with Crippen LogP contribution >= 0.6 is 0 Å². The van der Waals surface area contributed by atoms with Gasteiger partial charge in [-0.2, -0.15) is 0 Å². The zero-order chi connectivity index (χ0) is 19.9. The maximum absolute atomic E-state index is 12.1. The largest absolute Gasteiger partial charge is 0.497 e. The Hall–Kier alpha value is -3.22. The van der Waals surface area contributed by atoms with Gasteiger partial charge >= 0.3 is 0 Å². The third-order valence-electron chi connectivity index (χ3n) is 4.48. The molecule has 1 aliphatic heterocycles. The second-order valence-electron chi connectivity index (χ2n) is 6.50. The first-order valence-corrected chi connectivity index (χ1v) is 9.09. The monoisotopic (exact) mass is 384 g/mol. The molecule has 0 fully saturated rings. The van der Waals surface area contributed by atoms with Gasteiger partial charge in [0.25, 0.3) is 0 Å². The maximum Gasteiger partial charge on any atom is 0.231 e. The highest BCUT2D eigenvalue weighted by Crippen LogP contribution is 2.32. The molecule has 7 heteroatoms. The van der Waals surface area contributed by atoms with Gasteiger partial charge in [-0.25, -0.2) is 0 Å². The van der Waals surface area contributed by atoms with Gasteiger partial charge in [0.2, 0.25) is 18.6 Å². The van der Waals surface area contributed by atoms with E-state index in [1.807, 2.05) is 42.5 Å². The molecule has 28 heavy (non-hydrogen) atoms. The van der Waals surface area contributed by atoms with Gasteiger partial charge in [-0.05, 0) is 35.4 Å². The number of carbonyl (C=O) groups is 2. The summed E-state index contributed by atoms with van der Waals surface area (Å²) in [5, 5.41) is 2.86. The van der Waals surface area contributed by atoms with Crippen molar-refractivity contribution >= 4 is 11.8 Å². The second kappa shape index (κ2) is 9.12. The van der Waals surface area contributed by atoms with Crippen molar-refractivity contribution in [1.29, 1.82) is 0 Å². The summed E-state index contributed by atoms with van der Waals surface area (Å²) >= 11 is 0. The van der Waals surface area contributed by atoms with Crippen molar-refractivity contribution in [3.63, 3.8) is 0 Å². The summed E-state index contributed by atoms with van der Waals surface area (Å²) in [6.07, 6.45) is 0.284. The Morgan fingerprint density at radius 2 is 1.79 bits per heavy atom. The predicted octanol–water partition coefficient (Wildman–Crippen LogP) is 2.13. The lowest BCUT2D eigenvalue weighted by molar-refractivity contribution is -0.130. The van der Waals surface area contributed by atoms with Crippen LogP contribution in [-0.2, 0) is 22.6 Å². The van der Waals surface area contributed by atoms with E-state index >= 15 is 0 Å². The Morgan fingerprint density at radius 3 is 2.50 bits per heavy atom. The summed E-state index contributed by atoms with van der Waals surface area (Å²) in [6, 6.07) is 13.0. The minimum absolute atomic E-state index is 0.0536. The van der Waals surface area contributed by atoms with Crippen molar-refractivity contribution in [2.75, 3.05) is 27.0 Å². The molecule has 0 radical (unpaired) electrons. The van der Waals surface area contributed by atoms with E-state index in [4.69, 9.17) is 14.2 Å². The van der Waals surface area contributed by atoms with E-state index in [0.29, 0.717) is 31.1 Å². The zero-order valence-corrected chi connectivity index (χ0v) is 16.1. The van der Waals surface area contributed by atoms with Crippen molar-refractivity contribution in [1.82, 2.24) is 10.2 Å². The number of fused-ring (bicyclic) bond motifs is 1. The lowest BCUT2D eigenvalue weighted by atomic mass is 10.1. The number of rotatable bonds is 8. The van der Waals surface area contributed by atoms with Crippen LogP contribution in [0.4, 0.5) is 0 Å². The van der Waals surface area contributed by atoms with E-state index in [9.17, 15) is 9.59 Å². The van der Waals surface area contributed by atoms with E-state index in [2.05, 4.69) is 5.32 Å². The maximum atomic E-state index is 12.1. The molecule has 3 rings (SSSR count). The summed E-state index contributed by atoms with van der Waals surface area (Å²) < 4.78 is 15.8. The second-order valence-corrected chi connectivity index (χ2v) is 6.50. The van der Waals surface area contributed by atoms with Gasteiger partial charge in [-0.1, -0.05) is 18.2 Å². The molecule has 0 spiro atoms. The quantitative estimate of drug-likeness (QED) is 0.755. The van der Waals surface area contributed by atoms with E-state index in [1.165, 1.54) is 6.92 Å². The molecule has 148 valence electrons. The normalized spacial score (nSPS) is 11.8. The topological polar surface area (TPSA) is 77.1 Å². The molecule has 1 N–H and O–H groups in total. The molecule has 0 saturated heterocycles. The van der Waals surface area contributed by atoms with Crippen LogP contribution in [0.3, 0.4) is 0 Å². The fourth-order valence-corrected chi connectivity index (χ4v) is 2.93. The molecule has 2 amide bonds. The molecule has 0 bridgehead atoms. The summed E-state index contributed by atoms with van der Waals surface area (Å²) in [4.78, 5) is 25.8. The zero-order valence-electron chi connectivity index (χ0n) is 16.1. The minimum Gasteiger partial charge on any atom is -0.497 e. The molecule has 0 aromatic heterocycles. The molecule has 0 aliphatic carbocycles. The van der Waals surface area contributed by atoms with Gasteiger partial charge in [-0.15, -0.1) is 0 Å². The molecule has 2 aromatic carbocycles. The molecular weight excluding hydrogens is 360 g/mol. The number of nitrogens with zero attached hydrogens (tertiary/aromatic N) is 1. The number of nitrogens with one attached hydrogen (secondary N) is 1. The van der Waals surface area contributed by atoms with Gasteiger partial charge in [0.05, 0.1) is 13.5 Å². The van der Waals surface area contributed by atoms with Gasteiger partial charge in [0.15, 0.2) is 11.5 Å². The van der Waals surface area contributed by atoms with Crippen LogP contribution < -0.4 is 19.5 Å². The number of hydrogen-bond acceptors (Lipinski definition) is 5. The Bertz CT molecular complexity index is 835. The molecule has 2 aromatic rings. The van der Waals surface area contributed by atoms with Crippen molar-refractivity contribution in [2.45, 2.75) is 19.9 Å². The summed E-state index contributed by atoms with van der Waals surface area (Å²) in [6.45, 7) is 3.00. The number of benzene rings is 2. The summed E-state index contributed by atoms with van der Waals surface area (Å²) in [5.41, 5.74) is 1.85. The van der Waals surface area contributed by atoms with Crippen LogP contribution in [0, 0.1) is 0 Å². The molecule has 0 atom stereocenters. The number of ether oxygens (including phenoxy) is 3. The van der Waals surface area contributed by atoms with E-state index in [0.717, 1.165) is 16.9 Å². The first kappa shape index (κ1) is 19.5. The average molecular weight is 384 g/mol. The van der Waals surface area contributed by atoms with Gasteiger partial charge in [0.1, 0.15) is 5.75 Å². The van der Waals surface area contributed by atoms with Crippen molar-refractivity contribution < 1.29 is 23.8 Å². The van der Waals surface area contributed by atoms with Crippen LogP contribution in [0.5, 0.6) is 17.2 Å². The predicted molar refractivity (Wildman–Crippen MR) is 103 cm³/mol. The average Bonchev–Trinajstić information content (AvgIpc) is 3.15. The summed E-state index contributed by atoms with van der Waals surface area (Å²) in [5.74, 6) is 2.02. The fourth-order valence-electron chi connectivity index (χ4n) is 2.93. The first-order valence-electron chi connectivity index (χ1n) is 9.09. The van der Waals surface area contributed by atoms with Crippen LogP contribution in [0.2, 0.25) is 0 Å². The van der Waals surface area contributed by atoms with Gasteiger partial charge in [0, 0.05) is 26.6 Å². The van der Waals surface area contributed by atoms with Crippen LogP contribution in [0.25, 0.3) is 0 Å². The number of hydrogen-bond donors (Lipinski definition) is 1. The lowest BCUT2D eigenvalue weighted by Gasteiger charge is -2.21. The SMILES string of the molecule is COc1ccc(CC(=O)NCCN(Cc2ccc3c(c2)OCO3)C(C)=O)cc1. The lowest BCUT2D eigenvalue weighted by Crippen LogP contribution is -2.37. The number of carbonyl (C=O) groups excluding carboxylic acids is 2. The minimum atomic E-state index is -0.0863. The highest BCUT2D eigenvalue weighted by atomic mass is 16.7. The third-order valence-corrected chi connectivity index (χ3v) is 4.48. The van der Waals surface area contributed by atoms with Gasteiger partial charge < -0.3 is 24.4 Å². The fraction of sp³-hybridized carbons (Fsp3) is 0.333. The molecule has 0 unspecified atom stereocenters. The van der Waals surface area contributed by atoms with E-state index < -0.39 is 0 Å². The molecular formula is C21H24N2O5. The Morgan fingerprint density at radius 1 is 1.07 bits per heavy atom.